The van der Waals surface area contributed by atoms with Crippen molar-refractivity contribution in [1.82, 2.24) is 10.2 Å². The normalized spacial score (nSPS) is 12.3. The first-order valence-corrected chi connectivity index (χ1v) is 17.5. The fraction of sp³-hybridized carbons (Fsp3) is 0.297. The highest BCUT2D eigenvalue weighted by Gasteiger charge is 2.36. The van der Waals surface area contributed by atoms with Gasteiger partial charge in [-0.15, -0.1) is 0 Å². The number of anilines is 1. The van der Waals surface area contributed by atoms with Gasteiger partial charge in [0.15, 0.2) is 0 Å². The van der Waals surface area contributed by atoms with Crippen LogP contribution in [0.2, 0.25) is 10.0 Å². The Bertz CT molecular complexity index is 1820. The maximum absolute atomic E-state index is 14.7. The summed E-state index contributed by atoms with van der Waals surface area (Å²) in [5.41, 5.74) is 3.73. The maximum atomic E-state index is 14.7. The van der Waals surface area contributed by atoms with E-state index in [2.05, 4.69) is 5.32 Å². The third-order valence-corrected chi connectivity index (χ3v) is 10.3. The van der Waals surface area contributed by atoms with E-state index in [-0.39, 0.29) is 17.9 Å². The van der Waals surface area contributed by atoms with E-state index < -0.39 is 40.0 Å². The maximum Gasteiger partial charge on any atom is 0.264 e. The van der Waals surface area contributed by atoms with E-state index >= 15 is 0 Å². The lowest BCUT2D eigenvalue weighted by Crippen LogP contribution is -2.56. The standard InChI is InChI=1S/C37H41Cl2N3O4S/c1-25-15-19-30(20-16-25)47(45,46)42(29-18-17-26(2)27(3)21-29)24-35(43)41(23-31-32(38)13-10-14-33(31)39)34(36(44)40-37(4,5)6)22-28-11-8-7-9-12-28/h7-21,34H,22-24H2,1-6H3,(H,40,44). The van der Waals surface area contributed by atoms with Crippen molar-refractivity contribution in [2.75, 3.05) is 10.8 Å². The molecule has 0 heterocycles. The van der Waals surface area contributed by atoms with Gasteiger partial charge in [-0.05, 0) is 94.6 Å². The predicted octanol–water partition coefficient (Wildman–Crippen LogP) is 7.67. The second-order valence-corrected chi connectivity index (χ2v) is 15.4. The molecular formula is C37H41Cl2N3O4S. The lowest BCUT2D eigenvalue weighted by Gasteiger charge is -2.35. The third-order valence-electron chi connectivity index (χ3n) is 7.83. The first kappa shape index (κ1) is 36.0. The molecule has 248 valence electrons. The second kappa shape index (κ2) is 14.9. The summed E-state index contributed by atoms with van der Waals surface area (Å²) < 4.78 is 29.7. The molecule has 4 aromatic carbocycles. The molecule has 0 aliphatic rings. The summed E-state index contributed by atoms with van der Waals surface area (Å²) in [6, 6.07) is 25.1. The summed E-state index contributed by atoms with van der Waals surface area (Å²) in [6.45, 7) is 10.6. The van der Waals surface area contributed by atoms with Crippen LogP contribution in [0.1, 0.15) is 48.6 Å². The molecule has 4 rings (SSSR count). The number of sulfonamides is 1. The number of nitrogens with one attached hydrogen (secondary N) is 1. The smallest absolute Gasteiger partial charge is 0.264 e. The Hall–Kier alpha value is -3.85. The molecule has 0 fully saturated rings. The minimum absolute atomic E-state index is 0.0427. The largest absolute Gasteiger partial charge is 0.350 e. The highest BCUT2D eigenvalue weighted by molar-refractivity contribution is 7.92. The molecule has 2 amide bonds. The van der Waals surface area contributed by atoms with Gasteiger partial charge in [0.2, 0.25) is 11.8 Å². The zero-order valence-corrected chi connectivity index (χ0v) is 29.9. The van der Waals surface area contributed by atoms with Gasteiger partial charge in [0.25, 0.3) is 10.0 Å². The van der Waals surface area contributed by atoms with Crippen LogP contribution in [0.5, 0.6) is 0 Å². The van der Waals surface area contributed by atoms with Crippen LogP contribution in [0.3, 0.4) is 0 Å². The average molecular weight is 695 g/mol. The molecule has 10 heteroatoms. The predicted molar refractivity (Wildman–Crippen MR) is 190 cm³/mol. The molecular weight excluding hydrogens is 653 g/mol. The van der Waals surface area contributed by atoms with Gasteiger partial charge in [-0.1, -0.05) is 83.4 Å². The molecule has 0 aliphatic heterocycles. The van der Waals surface area contributed by atoms with Crippen molar-refractivity contribution in [2.24, 2.45) is 0 Å². The van der Waals surface area contributed by atoms with E-state index in [4.69, 9.17) is 23.2 Å². The quantitative estimate of drug-likeness (QED) is 0.175. The fourth-order valence-corrected chi connectivity index (χ4v) is 7.03. The minimum atomic E-state index is -4.22. The van der Waals surface area contributed by atoms with E-state index in [0.717, 1.165) is 26.6 Å². The average Bonchev–Trinajstić information content (AvgIpc) is 3.00. The highest BCUT2D eigenvalue weighted by atomic mass is 35.5. The van der Waals surface area contributed by atoms with Crippen LogP contribution in [-0.2, 0) is 32.6 Å². The van der Waals surface area contributed by atoms with Crippen LogP contribution >= 0.6 is 23.2 Å². The number of nitrogens with zero attached hydrogens (tertiary/aromatic N) is 2. The van der Waals surface area contributed by atoms with Crippen LogP contribution < -0.4 is 9.62 Å². The van der Waals surface area contributed by atoms with Gasteiger partial charge in [-0.25, -0.2) is 8.42 Å². The van der Waals surface area contributed by atoms with Gasteiger partial charge < -0.3 is 10.2 Å². The zero-order valence-electron chi connectivity index (χ0n) is 27.6. The molecule has 0 saturated heterocycles. The number of carbonyl (C=O) groups is 2. The summed E-state index contributed by atoms with van der Waals surface area (Å²) in [4.78, 5) is 30.2. The molecule has 0 aromatic heterocycles. The number of hydrogen-bond donors (Lipinski definition) is 1. The summed E-state index contributed by atoms with van der Waals surface area (Å²) in [7, 11) is -4.22. The van der Waals surface area contributed by atoms with Crippen molar-refractivity contribution in [1.29, 1.82) is 0 Å². The first-order valence-electron chi connectivity index (χ1n) is 15.3. The Morgan fingerprint density at radius 3 is 2.00 bits per heavy atom. The highest BCUT2D eigenvalue weighted by Crippen LogP contribution is 2.30. The molecule has 4 aromatic rings. The number of carbonyl (C=O) groups excluding carboxylic acids is 2. The Morgan fingerprint density at radius 1 is 0.809 bits per heavy atom. The van der Waals surface area contributed by atoms with Crippen molar-refractivity contribution >= 4 is 50.7 Å². The monoisotopic (exact) mass is 693 g/mol. The van der Waals surface area contributed by atoms with Crippen molar-refractivity contribution in [2.45, 2.75) is 71.0 Å². The molecule has 0 saturated carbocycles. The number of aryl methyl sites for hydroxylation is 3. The Kier molecular flexibility index (Phi) is 11.4. The van der Waals surface area contributed by atoms with Crippen molar-refractivity contribution in [3.63, 3.8) is 0 Å². The van der Waals surface area contributed by atoms with Gasteiger partial charge in [0.1, 0.15) is 12.6 Å². The molecule has 1 unspecified atom stereocenters. The minimum Gasteiger partial charge on any atom is -0.350 e. The van der Waals surface area contributed by atoms with Crippen LogP contribution in [0.4, 0.5) is 5.69 Å². The fourth-order valence-electron chi connectivity index (χ4n) is 5.11. The number of hydrogen-bond acceptors (Lipinski definition) is 4. The molecule has 0 aliphatic carbocycles. The van der Waals surface area contributed by atoms with Gasteiger partial charge in [0.05, 0.1) is 10.6 Å². The Balaban J connectivity index is 1.87. The summed E-state index contributed by atoms with van der Waals surface area (Å²) in [5, 5.41) is 3.66. The van der Waals surface area contributed by atoms with Gasteiger partial charge >= 0.3 is 0 Å². The Morgan fingerprint density at radius 2 is 1.43 bits per heavy atom. The number of amides is 2. The van der Waals surface area contributed by atoms with E-state index in [1.165, 1.54) is 17.0 Å². The zero-order chi connectivity index (χ0) is 34.5. The lowest BCUT2D eigenvalue weighted by atomic mass is 10.0. The lowest BCUT2D eigenvalue weighted by molar-refractivity contribution is -0.140. The van der Waals surface area contributed by atoms with E-state index in [0.29, 0.717) is 21.3 Å². The van der Waals surface area contributed by atoms with Crippen molar-refractivity contribution in [3.8, 4) is 0 Å². The molecule has 0 bridgehead atoms. The Labute approximate surface area is 288 Å². The van der Waals surface area contributed by atoms with Gasteiger partial charge in [0, 0.05) is 34.1 Å². The number of rotatable bonds is 11. The van der Waals surface area contributed by atoms with Gasteiger partial charge in [-0.2, -0.15) is 0 Å². The van der Waals surface area contributed by atoms with Crippen LogP contribution in [0.15, 0.2) is 95.9 Å². The molecule has 1 N–H and O–H groups in total. The summed E-state index contributed by atoms with van der Waals surface area (Å²) >= 11 is 13.2. The first-order chi connectivity index (χ1) is 22.1. The molecule has 0 spiro atoms. The van der Waals surface area contributed by atoms with Crippen LogP contribution in [0, 0.1) is 20.8 Å². The van der Waals surface area contributed by atoms with Crippen LogP contribution in [0.25, 0.3) is 0 Å². The van der Waals surface area contributed by atoms with E-state index in [1.807, 2.05) is 77.9 Å². The SMILES string of the molecule is Cc1ccc(S(=O)(=O)N(CC(=O)N(Cc2c(Cl)cccc2Cl)C(Cc2ccccc2)C(=O)NC(C)(C)C)c2ccc(C)c(C)c2)cc1. The van der Waals surface area contributed by atoms with Crippen LogP contribution in [-0.4, -0.2) is 43.3 Å². The van der Waals surface area contributed by atoms with Crippen molar-refractivity contribution < 1.29 is 18.0 Å². The number of benzene rings is 4. The molecule has 1 atom stereocenters. The van der Waals surface area contributed by atoms with Crippen molar-refractivity contribution in [3.05, 3.63) is 129 Å². The van der Waals surface area contributed by atoms with E-state index in [9.17, 15) is 18.0 Å². The molecule has 0 radical (unpaired) electrons. The molecule has 7 nitrogen and oxygen atoms in total. The van der Waals surface area contributed by atoms with Gasteiger partial charge in [-0.3, -0.25) is 13.9 Å². The second-order valence-electron chi connectivity index (χ2n) is 12.8. The summed E-state index contributed by atoms with van der Waals surface area (Å²) in [6.07, 6.45) is 0.172. The molecule has 47 heavy (non-hydrogen) atoms. The third kappa shape index (κ3) is 9.15. The topological polar surface area (TPSA) is 86.8 Å². The number of halogens is 2. The van der Waals surface area contributed by atoms with E-state index in [1.54, 1.807) is 42.5 Å². The summed E-state index contributed by atoms with van der Waals surface area (Å²) in [5.74, 6) is -0.989.